The van der Waals surface area contributed by atoms with E-state index in [0.29, 0.717) is 11.3 Å². The summed E-state index contributed by atoms with van der Waals surface area (Å²) < 4.78 is 5.40. The zero-order valence-corrected chi connectivity index (χ0v) is 13.2. The second kappa shape index (κ2) is 6.15. The normalized spacial score (nSPS) is 34.6. The summed E-state index contributed by atoms with van der Waals surface area (Å²) in [6.07, 6.45) is 11.2. The molecular formula is C18H28O2. The molecule has 1 saturated carbocycles. The number of allylic oxidation sites excluding steroid dienone is 2. The number of hydrogen-bond donors (Lipinski definition) is 0. The standard InChI is InChI=1S/C18H28O2/c1-5-6-13(2)15-7-8-16-11-17(20-14(3)19)9-10-18(16,4)12-15/h5,8,13,15,17H,1,6-7,9-12H2,2-4H3/t13?,15-,17+,18-/m1/s1. The quantitative estimate of drug-likeness (QED) is 0.551. The summed E-state index contributed by atoms with van der Waals surface area (Å²) >= 11 is 0. The minimum Gasteiger partial charge on any atom is -0.462 e. The first kappa shape index (κ1) is 15.3. The molecule has 0 aromatic carbocycles. The highest BCUT2D eigenvalue weighted by molar-refractivity contribution is 5.66. The summed E-state index contributed by atoms with van der Waals surface area (Å²) in [5.41, 5.74) is 1.85. The number of hydrogen-bond acceptors (Lipinski definition) is 2. The molecule has 0 N–H and O–H groups in total. The van der Waals surface area contributed by atoms with Crippen LogP contribution < -0.4 is 0 Å². The van der Waals surface area contributed by atoms with Crippen molar-refractivity contribution in [3.63, 3.8) is 0 Å². The zero-order chi connectivity index (χ0) is 14.8. The molecule has 20 heavy (non-hydrogen) atoms. The zero-order valence-electron chi connectivity index (χ0n) is 13.2. The Bertz CT molecular complexity index is 410. The van der Waals surface area contributed by atoms with Crippen molar-refractivity contribution in [1.82, 2.24) is 0 Å². The van der Waals surface area contributed by atoms with Crippen molar-refractivity contribution in [2.45, 2.75) is 65.4 Å². The van der Waals surface area contributed by atoms with Gasteiger partial charge in [-0.1, -0.05) is 31.6 Å². The first-order valence-electron chi connectivity index (χ1n) is 7.92. The van der Waals surface area contributed by atoms with Gasteiger partial charge in [0.1, 0.15) is 6.10 Å². The van der Waals surface area contributed by atoms with Crippen molar-refractivity contribution in [1.29, 1.82) is 0 Å². The average Bonchev–Trinajstić information content (AvgIpc) is 2.38. The van der Waals surface area contributed by atoms with Crippen molar-refractivity contribution >= 4 is 5.97 Å². The number of carbonyl (C=O) groups excluding carboxylic acids is 1. The third kappa shape index (κ3) is 3.34. The van der Waals surface area contributed by atoms with E-state index in [0.717, 1.165) is 31.6 Å². The molecule has 0 bridgehead atoms. The minimum absolute atomic E-state index is 0.106. The van der Waals surface area contributed by atoms with E-state index in [1.54, 1.807) is 0 Å². The van der Waals surface area contributed by atoms with E-state index < -0.39 is 0 Å². The van der Waals surface area contributed by atoms with Crippen molar-refractivity contribution in [2.75, 3.05) is 0 Å². The fourth-order valence-corrected chi connectivity index (χ4v) is 3.98. The van der Waals surface area contributed by atoms with Crippen molar-refractivity contribution in [3.8, 4) is 0 Å². The predicted octanol–water partition coefficient (Wildman–Crippen LogP) is 4.66. The second-order valence-electron chi connectivity index (χ2n) is 6.97. The van der Waals surface area contributed by atoms with E-state index >= 15 is 0 Å². The fraction of sp³-hybridized carbons (Fsp3) is 0.722. The first-order valence-corrected chi connectivity index (χ1v) is 7.92. The lowest BCUT2D eigenvalue weighted by atomic mass is 9.61. The molecule has 0 radical (unpaired) electrons. The average molecular weight is 276 g/mol. The molecule has 112 valence electrons. The molecule has 0 aliphatic heterocycles. The molecular weight excluding hydrogens is 248 g/mol. The Balaban J connectivity index is 2.04. The Morgan fingerprint density at radius 1 is 1.65 bits per heavy atom. The molecule has 2 aliphatic carbocycles. The molecule has 0 aromatic rings. The lowest BCUT2D eigenvalue weighted by molar-refractivity contribution is -0.147. The van der Waals surface area contributed by atoms with Crippen molar-refractivity contribution in [3.05, 3.63) is 24.3 Å². The van der Waals surface area contributed by atoms with E-state index in [4.69, 9.17) is 4.74 Å². The maximum absolute atomic E-state index is 11.1. The van der Waals surface area contributed by atoms with Crippen molar-refractivity contribution < 1.29 is 9.53 Å². The van der Waals surface area contributed by atoms with Crippen LogP contribution in [0.15, 0.2) is 24.3 Å². The van der Waals surface area contributed by atoms with E-state index in [2.05, 4.69) is 26.5 Å². The van der Waals surface area contributed by atoms with Crippen LogP contribution in [-0.4, -0.2) is 12.1 Å². The minimum atomic E-state index is -0.146. The molecule has 1 fully saturated rings. The van der Waals surface area contributed by atoms with E-state index in [-0.39, 0.29) is 12.1 Å². The van der Waals surface area contributed by atoms with Crippen molar-refractivity contribution in [2.24, 2.45) is 17.3 Å². The molecule has 2 rings (SSSR count). The van der Waals surface area contributed by atoms with Crippen LogP contribution in [0.3, 0.4) is 0 Å². The Morgan fingerprint density at radius 3 is 3.05 bits per heavy atom. The number of rotatable bonds is 4. The van der Waals surface area contributed by atoms with Gasteiger partial charge in [0.25, 0.3) is 0 Å². The van der Waals surface area contributed by atoms with Gasteiger partial charge < -0.3 is 4.74 Å². The van der Waals surface area contributed by atoms with Crippen LogP contribution in [0, 0.1) is 17.3 Å². The maximum atomic E-state index is 11.1. The molecule has 0 aromatic heterocycles. The van der Waals surface area contributed by atoms with Gasteiger partial charge in [-0.15, -0.1) is 6.58 Å². The monoisotopic (exact) mass is 276 g/mol. The van der Waals surface area contributed by atoms with Crippen LogP contribution in [0.25, 0.3) is 0 Å². The summed E-state index contributed by atoms with van der Waals surface area (Å²) in [6.45, 7) is 10.1. The summed E-state index contributed by atoms with van der Waals surface area (Å²) in [4.78, 5) is 11.1. The molecule has 2 nitrogen and oxygen atoms in total. The summed E-state index contributed by atoms with van der Waals surface area (Å²) in [5, 5.41) is 0. The summed E-state index contributed by atoms with van der Waals surface area (Å²) in [7, 11) is 0. The molecule has 0 saturated heterocycles. The van der Waals surface area contributed by atoms with E-state index in [1.165, 1.54) is 25.3 Å². The second-order valence-corrected chi connectivity index (χ2v) is 6.97. The number of esters is 1. The highest BCUT2D eigenvalue weighted by atomic mass is 16.5. The lowest BCUT2D eigenvalue weighted by Crippen LogP contribution is -2.36. The van der Waals surface area contributed by atoms with Gasteiger partial charge >= 0.3 is 5.97 Å². The van der Waals surface area contributed by atoms with Crippen LogP contribution in [-0.2, 0) is 9.53 Å². The van der Waals surface area contributed by atoms with Crippen LogP contribution in [0.1, 0.15) is 59.3 Å². The SMILES string of the molecule is C=CCC(C)[C@@H]1CC=C2C[C@@H](OC(C)=O)CC[C@]2(C)C1. The van der Waals surface area contributed by atoms with Gasteiger partial charge in [0, 0.05) is 13.3 Å². The topological polar surface area (TPSA) is 26.3 Å². The van der Waals surface area contributed by atoms with Crippen LogP contribution in [0.4, 0.5) is 0 Å². The highest BCUT2D eigenvalue weighted by Gasteiger charge is 2.41. The first-order chi connectivity index (χ1) is 9.44. The molecule has 2 aliphatic rings. The van der Waals surface area contributed by atoms with Gasteiger partial charge in [-0.2, -0.15) is 0 Å². The number of fused-ring (bicyclic) bond motifs is 1. The maximum Gasteiger partial charge on any atom is 0.302 e. The Hall–Kier alpha value is -1.05. The Labute approximate surface area is 123 Å². The summed E-state index contributed by atoms with van der Waals surface area (Å²) in [6, 6.07) is 0. The van der Waals surface area contributed by atoms with Crippen LogP contribution >= 0.6 is 0 Å². The van der Waals surface area contributed by atoms with E-state index in [9.17, 15) is 4.79 Å². The molecule has 2 heteroatoms. The van der Waals surface area contributed by atoms with Gasteiger partial charge in [-0.05, 0) is 49.4 Å². The predicted molar refractivity (Wildman–Crippen MR) is 82.3 cm³/mol. The van der Waals surface area contributed by atoms with Gasteiger partial charge in [-0.3, -0.25) is 4.79 Å². The Kier molecular flexibility index (Phi) is 4.72. The molecule has 0 amide bonds. The largest absolute Gasteiger partial charge is 0.462 e. The van der Waals surface area contributed by atoms with Gasteiger partial charge in [0.2, 0.25) is 0 Å². The lowest BCUT2D eigenvalue weighted by Gasteiger charge is -2.45. The molecule has 0 spiro atoms. The van der Waals surface area contributed by atoms with Crippen LogP contribution in [0.5, 0.6) is 0 Å². The molecule has 0 heterocycles. The van der Waals surface area contributed by atoms with Gasteiger partial charge in [0.15, 0.2) is 0 Å². The number of carbonyl (C=O) groups is 1. The number of ether oxygens (including phenoxy) is 1. The summed E-state index contributed by atoms with van der Waals surface area (Å²) in [5.74, 6) is 1.34. The van der Waals surface area contributed by atoms with E-state index in [1.807, 2.05) is 6.08 Å². The Morgan fingerprint density at radius 2 is 2.40 bits per heavy atom. The highest BCUT2D eigenvalue weighted by Crippen LogP contribution is 2.51. The third-order valence-corrected chi connectivity index (χ3v) is 5.30. The van der Waals surface area contributed by atoms with Gasteiger partial charge in [-0.25, -0.2) is 0 Å². The molecule has 4 atom stereocenters. The molecule has 1 unspecified atom stereocenters. The smallest absolute Gasteiger partial charge is 0.302 e. The fourth-order valence-electron chi connectivity index (χ4n) is 3.98. The van der Waals surface area contributed by atoms with Crippen LogP contribution in [0.2, 0.25) is 0 Å². The third-order valence-electron chi connectivity index (χ3n) is 5.30. The van der Waals surface area contributed by atoms with Gasteiger partial charge in [0.05, 0.1) is 0 Å².